The van der Waals surface area contributed by atoms with Crippen molar-refractivity contribution in [2.24, 2.45) is 12.8 Å². The van der Waals surface area contributed by atoms with Gasteiger partial charge in [0.2, 0.25) is 0 Å². The molecule has 0 bridgehead atoms. The van der Waals surface area contributed by atoms with Crippen molar-refractivity contribution in [3.8, 4) is 10.7 Å². The topological polar surface area (TPSA) is 56.7 Å². The molecule has 0 radical (unpaired) electrons. The molecule has 2 aromatic rings. The summed E-state index contributed by atoms with van der Waals surface area (Å²) in [6.45, 7) is 0. The quantitative estimate of drug-likeness (QED) is 0.904. The fourth-order valence-electron chi connectivity index (χ4n) is 2.64. The molecule has 1 aliphatic carbocycles. The first-order valence-electron chi connectivity index (χ1n) is 6.44. The Hall–Kier alpha value is -1.20. The zero-order valence-electron chi connectivity index (χ0n) is 10.5. The number of aryl methyl sites for hydroxylation is 1. The molecule has 0 aliphatic heterocycles. The molecule has 1 aliphatic rings. The summed E-state index contributed by atoms with van der Waals surface area (Å²) >= 11 is 1.69. The fourth-order valence-corrected chi connectivity index (χ4v) is 3.29. The molecule has 2 heterocycles. The van der Waals surface area contributed by atoms with E-state index < -0.39 is 0 Å². The Morgan fingerprint density at radius 3 is 2.78 bits per heavy atom. The molecule has 18 heavy (non-hydrogen) atoms. The maximum Gasteiger partial charge on any atom is 0.191 e. The Kier molecular flexibility index (Phi) is 3.18. The number of aromatic nitrogens is 3. The molecule has 1 fully saturated rings. The largest absolute Gasteiger partial charge is 0.328 e. The Labute approximate surface area is 111 Å². The lowest BCUT2D eigenvalue weighted by Crippen LogP contribution is -2.26. The zero-order chi connectivity index (χ0) is 12.5. The molecule has 0 atom stereocenters. The molecule has 3 rings (SSSR count). The molecule has 0 aromatic carbocycles. The van der Waals surface area contributed by atoms with Crippen LogP contribution in [0, 0.1) is 0 Å². The van der Waals surface area contributed by atoms with E-state index >= 15 is 0 Å². The number of rotatable bonds is 2. The van der Waals surface area contributed by atoms with Gasteiger partial charge in [0.1, 0.15) is 5.82 Å². The third kappa shape index (κ3) is 2.20. The van der Waals surface area contributed by atoms with Crippen molar-refractivity contribution in [2.45, 2.75) is 37.6 Å². The van der Waals surface area contributed by atoms with E-state index in [0.717, 1.165) is 42.2 Å². The summed E-state index contributed by atoms with van der Waals surface area (Å²) in [5, 5.41) is 6.59. The van der Waals surface area contributed by atoms with Gasteiger partial charge < -0.3 is 5.73 Å². The van der Waals surface area contributed by atoms with Crippen LogP contribution in [0.4, 0.5) is 0 Å². The zero-order valence-corrected chi connectivity index (χ0v) is 11.4. The molecule has 0 spiro atoms. The Morgan fingerprint density at radius 2 is 2.11 bits per heavy atom. The third-order valence-corrected chi connectivity index (χ3v) is 4.54. The molecule has 96 valence electrons. The van der Waals surface area contributed by atoms with E-state index in [2.05, 4.69) is 16.5 Å². The number of hydrogen-bond donors (Lipinski definition) is 1. The van der Waals surface area contributed by atoms with Gasteiger partial charge in [-0.3, -0.25) is 4.68 Å². The number of nitrogens with two attached hydrogens (primary N) is 1. The predicted molar refractivity (Wildman–Crippen MR) is 73.5 cm³/mol. The van der Waals surface area contributed by atoms with Crippen LogP contribution in [0.1, 0.15) is 37.4 Å². The molecule has 1 saturated carbocycles. The summed E-state index contributed by atoms with van der Waals surface area (Å²) in [6.07, 6.45) is 4.48. The molecule has 2 aromatic heterocycles. The summed E-state index contributed by atoms with van der Waals surface area (Å²) < 4.78 is 1.94. The van der Waals surface area contributed by atoms with E-state index in [4.69, 9.17) is 10.7 Å². The molecule has 4 nitrogen and oxygen atoms in total. The standard InChI is InChI=1S/C13H18N4S/c1-17-13(9-4-6-10(14)7-5-9)15-12(16-17)11-3-2-8-18-11/h2-3,8-10H,4-7,14H2,1H3. The van der Waals surface area contributed by atoms with Crippen LogP contribution in [0.25, 0.3) is 10.7 Å². The van der Waals surface area contributed by atoms with E-state index in [1.165, 1.54) is 0 Å². The van der Waals surface area contributed by atoms with Gasteiger partial charge in [0.05, 0.1) is 4.88 Å². The first kappa shape index (κ1) is 11.9. The van der Waals surface area contributed by atoms with E-state index in [1.54, 1.807) is 11.3 Å². The van der Waals surface area contributed by atoms with Crippen molar-refractivity contribution in [1.29, 1.82) is 0 Å². The number of nitrogens with zero attached hydrogens (tertiary/aromatic N) is 3. The lowest BCUT2D eigenvalue weighted by atomic mass is 9.86. The summed E-state index contributed by atoms with van der Waals surface area (Å²) in [6, 6.07) is 4.49. The number of thiophene rings is 1. The SMILES string of the molecule is Cn1nc(-c2cccs2)nc1C1CCC(N)CC1. The van der Waals surface area contributed by atoms with E-state index in [9.17, 15) is 0 Å². The van der Waals surface area contributed by atoms with Crippen LogP contribution < -0.4 is 5.73 Å². The van der Waals surface area contributed by atoms with Gasteiger partial charge in [-0.1, -0.05) is 6.07 Å². The van der Waals surface area contributed by atoms with Gasteiger partial charge in [-0.05, 0) is 37.1 Å². The molecule has 0 saturated heterocycles. The summed E-state index contributed by atoms with van der Waals surface area (Å²) in [5.41, 5.74) is 5.95. The van der Waals surface area contributed by atoms with Crippen molar-refractivity contribution in [3.05, 3.63) is 23.3 Å². The predicted octanol–water partition coefficient (Wildman–Crippen LogP) is 2.53. The van der Waals surface area contributed by atoms with Gasteiger partial charge in [0.25, 0.3) is 0 Å². The Morgan fingerprint density at radius 1 is 1.33 bits per heavy atom. The highest BCUT2D eigenvalue weighted by Crippen LogP contribution is 2.32. The van der Waals surface area contributed by atoms with E-state index in [-0.39, 0.29) is 0 Å². The highest BCUT2D eigenvalue weighted by molar-refractivity contribution is 7.13. The minimum absolute atomic E-state index is 0.381. The molecule has 0 unspecified atom stereocenters. The van der Waals surface area contributed by atoms with Crippen molar-refractivity contribution in [3.63, 3.8) is 0 Å². The van der Waals surface area contributed by atoms with E-state index in [1.807, 2.05) is 17.8 Å². The van der Waals surface area contributed by atoms with Crippen molar-refractivity contribution >= 4 is 11.3 Å². The van der Waals surface area contributed by atoms with Gasteiger partial charge in [-0.15, -0.1) is 11.3 Å². The second kappa shape index (κ2) is 4.82. The third-order valence-electron chi connectivity index (χ3n) is 3.68. The van der Waals surface area contributed by atoms with Crippen molar-refractivity contribution in [1.82, 2.24) is 14.8 Å². The summed E-state index contributed by atoms with van der Waals surface area (Å²) in [7, 11) is 1.99. The molecular formula is C13H18N4S. The maximum atomic E-state index is 5.95. The van der Waals surface area contributed by atoms with Gasteiger partial charge in [-0.2, -0.15) is 5.10 Å². The van der Waals surface area contributed by atoms with Gasteiger partial charge in [0, 0.05) is 19.0 Å². The highest BCUT2D eigenvalue weighted by Gasteiger charge is 2.24. The fraction of sp³-hybridized carbons (Fsp3) is 0.538. The number of hydrogen-bond acceptors (Lipinski definition) is 4. The van der Waals surface area contributed by atoms with Gasteiger partial charge in [0.15, 0.2) is 5.82 Å². The molecule has 5 heteroatoms. The van der Waals surface area contributed by atoms with Crippen LogP contribution in [-0.2, 0) is 7.05 Å². The monoisotopic (exact) mass is 262 g/mol. The maximum absolute atomic E-state index is 5.95. The van der Waals surface area contributed by atoms with Crippen molar-refractivity contribution < 1.29 is 0 Å². The van der Waals surface area contributed by atoms with Crippen LogP contribution in [0.15, 0.2) is 17.5 Å². The average molecular weight is 262 g/mol. The van der Waals surface area contributed by atoms with Crippen LogP contribution in [0.5, 0.6) is 0 Å². The van der Waals surface area contributed by atoms with Gasteiger partial charge >= 0.3 is 0 Å². The highest BCUT2D eigenvalue weighted by atomic mass is 32.1. The van der Waals surface area contributed by atoms with Crippen molar-refractivity contribution in [2.75, 3.05) is 0 Å². The average Bonchev–Trinajstić information content (AvgIpc) is 2.99. The first-order chi connectivity index (χ1) is 8.74. The first-order valence-corrected chi connectivity index (χ1v) is 7.32. The lowest BCUT2D eigenvalue weighted by Gasteiger charge is -2.24. The molecule has 2 N–H and O–H groups in total. The van der Waals surface area contributed by atoms with Crippen LogP contribution >= 0.6 is 11.3 Å². The normalized spacial score (nSPS) is 24.3. The van der Waals surface area contributed by atoms with Gasteiger partial charge in [-0.25, -0.2) is 4.98 Å². The second-order valence-electron chi connectivity index (χ2n) is 5.01. The van der Waals surface area contributed by atoms with Crippen LogP contribution in [0.3, 0.4) is 0 Å². The lowest BCUT2D eigenvalue weighted by molar-refractivity contribution is 0.377. The summed E-state index contributed by atoms with van der Waals surface area (Å²) in [5.74, 6) is 2.50. The van der Waals surface area contributed by atoms with Crippen LogP contribution in [-0.4, -0.2) is 20.8 Å². The molecular weight excluding hydrogens is 244 g/mol. The van der Waals surface area contributed by atoms with Crippen LogP contribution in [0.2, 0.25) is 0 Å². The molecule has 0 amide bonds. The minimum atomic E-state index is 0.381. The second-order valence-corrected chi connectivity index (χ2v) is 5.95. The Bertz CT molecular complexity index is 509. The van der Waals surface area contributed by atoms with E-state index in [0.29, 0.717) is 12.0 Å². The minimum Gasteiger partial charge on any atom is -0.328 e. The Balaban J connectivity index is 1.85. The smallest absolute Gasteiger partial charge is 0.191 e. The summed E-state index contributed by atoms with van der Waals surface area (Å²) in [4.78, 5) is 5.87.